The summed E-state index contributed by atoms with van der Waals surface area (Å²) >= 11 is 0. The second-order valence-corrected chi connectivity index (χ2v) is 16.3. The fraction of sp³-hybridized carbons (Fsp3) is 0.387. The van der Waals surface area contributed by atoms with Crippen LogP contribution in [0.2, 0.25) is 0 Å². The van der Waals surface area contributed by atoms with Crippen molar-refractivity contribution in [3.63, 3.8) is 0 Å². The lowest BCUT2D eigenvalue weighted by atomic mass is 9.77. The van der Waals surface area contributed by atoms with Gasteiger partial charge in [0, 0.05) is 24.0 Å². The second-order valence-electron chi connectivity index (χ2n) is 11.5. The van der Waals surface area contributed by atoms with Crippen molar-refractivity contribution in [3.8, 4) is 0 Å². The number of benzene rings is 3. The van der Waals surface area contributed by atoms with E-state index in [1.165, 1.54) is 36.4 Å². The molecule has 7 rings (SSSR count). The Labute approximate surface area is 240 Å². The SMILES string of the molecule is O=C(C1CCS2(CC1)OO2)N1CC[C@@]2(S(=O)(=O)c3ccc(F)cc3)c3ccc(Cc4ccc(F)cc4)cc3CC[C@@H]12. The first-order chi connectivity index (χ1) is 19.7. The van der Waals surface area contributed by atoms with Gasteiger partial charge in [-0.15, -0.1) is 19.3 Å². The van der Waals surface area contributed by atoms with Gasteiger partial charge in [-0.05, 0) is 97.2 Å². The number of amides is 1. The molecule has 1 spiro atoms. The number of hydrogen-bond donors (Lipinski definition) is 0. The molecule has 3 fully saturated rings. The van der Waals surface area contributed by atoms with Gasteiger partial charge in [0.15, 0.2) is 9.84 Å². The minimum absolute atomic E-state index is 0.0115. The minimum atomic E-state index is -4.01. The summed E-state index contributed by atoms with van der Waals surface area (Å²) in [6, 6.07) is 16.8. The first-order valence-electron chi connectivity index (χ1n) is 14.0. The summed E-state index contributed by atoms with van der Waals surface area (Å²) in [6.07, 6.45) is 3.39. The number of carbonyl (C=O) groups excluding carboxylic acids is 1. The van der Waals surface area contributed by atoms with Crippen LogP contribution < -0.4 is 0 Å². The second kappa shape index (κ2) is 9.90. The average molecular weight is 600 g/mol. The Hall–Kier alpha value is -2.79. The molecule has 41 heavy (non-hydrogen) atoms. The molecule has 0 radical (unpaired) electrons. The third-order valence-corrected chi connectivity index (χ3v) is 14.1. The van der Waals surface area contributed by atoms with E-state index >= 15 is 0 Å². The number of carbonyl (C=O) groups is 1. The van der Waals surface area contributed by atoms with E-state index in [1.54, 1.807) is 12.1 Å². The van der Waals surface area contributed by atoms with Crippen molar-refractivity contribution in [1.82, 2.24) is 4.90 Å². The fourth-order valence-corrected chi connectivity index (χ4v) is 11.6. The van der Waals surface area contributed by atoms with Crippen LogP contribution in [0.15, 0.2) is 71.6 Å². The largest absolute Gasteiger partial charge is 0.337 e. The molecule has 3 heterocycles. The average Bonchev–Trinajstić information content (AvgIpc) is 3.60. The van der Waals surface area contributed by atoms with Gasteiger partial charge in [-0.2, -0.15) is 0 Å². The Morgan fingerprint density at radius 2 is 1.54 bits per heavy atom. The number of fused-ring (bicyclic) bond motifs is 3. The molecule has 0 N–H and O–H groups in total. The number of sulfone groups is 1. The van der Waals surface area contributed by atoms with Crippen molar-refractivity contribution in [2.24, 2.45) is 5.92 Å². The standard InChI is InChI=1S/C31H31F2NO5S2/c32-25-5-1-21(2-6-25)19-22-3-11-28-24(20-22)4-12-29-31(28,41(36,37)27-9-7-26(33)8-10-27)15-16-34(29)30(35)23-13-17-40(18-14-23)38-39-40/h1-3,5-11,20,23,29H,4,12-19H2/t29-,31-/m1/s1. The molecule has 216 valence electrons. The van der Waals surface area contributed by atoms with Gasteiger partial charge in [0.2, 0.25) is 5.91 Å². The number of rotatable bonds is 5. The quantitative estimate of drug-likeness (QED) is 0.211. The summed E-state index contributed by atoms with van der Waals surface area (Å²) in [5, 5.41) is 0. The van der Waals surface area contributed by atoms with Gasteiger partial charge < -0.3 is 4.90 Å². The maximum Gasteiger partial charge on any atom is 0.226 e. The third kappa shape index (κ3) is 4.50. The summed E-state index contributed by atoms with van der Waals surface area (Å²) in [7, 11) is -5.42. The Bertz CT molecular complexity index is 1600. The molecule has 0 aromatic heterocycles. The molecule has 3 aromatic carbocycles. The van der Waals surface area contributed by atoms with E-state index in [4.69, 9.17) is 8.67 Å². The van der Waals surface area contributed by atoms with Crippen LogP contribution in [0.1, 0.15) is 47.9 Å². The molecule has 4 aliphatic rings. The highest BCUT2D eigenvalue weighted by atomic mass is 32.3. The van der Waals surface area contributed by atoms with Crippen LogP contribution in [0.25, 0.3) is 0 Å². The van der Waals surface area contributed by atoms with Crippen LogP contribution in [0.5, 0.6) is 0 Å². The number of nitrogens with zero attached hydrogens (tertiary/aromatic N) is 1. The molecule has 6 nitrogen and oxygen atoms in total. The third-order valence-electron chi connectivity index (χ3n) is 9.32. The van der Waals surface area contributed by atoms with E-state index in [2.05, 4.69) is 6.07 Å². The number of aryl methyl sites for hydroxylation is 1. The predicted octanol–water partition coefficient (Wildman–Crippen LogP) is 5.78. The minimum Gasteiger partial charge on any atom is -0.337 e. The van der Waals surface area contributed by atoms with Crippen LogP contribution in [-0.4, -0.2) is 43.3 Å². The van der Waals surface area contributed by atoms with Crippen LogP contribution in [0.4, 0.5) is 8.78 Å². The van der Waals surface area contributed by atoms with Gasteiger partial charge in [-0.1, -0.05) is 30.3 Å². The molecule has 10 heteroatoms. The lowest BCUT2D eigenvalue weighted by Crippen LogP contribution is -2.53. The monoisotopic (exact) mass is 599 g/mol. The maximum atomic E-state index is 14.6. The highest BCUT2D eigenvalue weighted by Crippen LogP contribution is 2.68. The molecular weight excluding hydrogens is 568 g/mol. The lowest BCUT2D eigenvalue weighted by Gasteiger charge is -2.43. The Balaban J connectivity index is 1.26. The summed E-state index contributed by atoms with van der Waals surface area (Å²) in [4.78, 5) is 15.8. The maximum absolute atomic E-state index is 14.6. The highest BCUT2D eigenvalue weighted by Gasteiger charge is 2.61. The van der Waals surface area contributed by atoms with Crippen LogP contribution in [0, 0.1) is 17.6 Å². The molecule has 1 aliphatic carbocycles. The topological polar surface area (TPSA) is 79.5 Å². The van der Waals surface area contributed by atoms with Crippen LogP contribution >= 0.6 is 10.6 Å². The van der Waals surface area contributed by atoms with E-state index in [1.807, 2.05) is 17.0 Å². The highest BCUT2D eigenvalue weighted by molar-refractivity contribution is 8.29. The lowest BCUT2D eigenvalue weighted by molar-refractivity contribution is -0.137. The zero-order chi connectivity index (χ0) is 28.4. The van der Waals surface area contributed by atoms with Gasteiger partial charge in [0.05, 0.1) is 10.9 Å². The number of hydrogen-bond acceptors (Lipinski definition) is 5. The molecule has 3 aliphatic heterocycles. The van der Waals surface area contributed by atoms with E-state index in [-0.39, 0.29) is 29.0 Å². The fourth-order valence-electron chi connectivity index (χ4n) is 7.16. The van der Waals surface area contributed by atoms with Crippen molar-refractivity contribution in [2.75, 3.05) is 18.1 Å². The molecular formula is C31H31F2NO5S2. The Morgan fingerprint density at radius 1 is 0.902 bits per heavy atom. The van der Waals surface area contributed by atoms with E-state index < -0.39 is 37.0 Å². The molecule has 2 atom stereocenters. The van der Waals surface area contributed by atoms with Gasteiger partial charge in [-0.3, -0.25) is 4.79 Å². The Kier molecular flexibility index (Phi) is 6.53. The van der Waals surface area contributed by atoms with Crippen molar-refractivity contribution in [3.05, 3.63) is 101 Å². The molecule has 1 amide bonds. The van der Waals surface area contributed by atoms with E-state index in [0.29, 0.717) is 38.6 Å². The summed E-state index contributed by atoms with van der Waals surface area (Å²) < 4.78 is 65.5. The van der Waals surface area contributed by atoms with Crippen molar-refractivity contribution in [2.45, 2.75) is 54.2 Å². The first-order valence-corrected chi connectivity index (χ1v) is 17.4. The predicted molar refractivity (Wildman–Crippen MR) is 152 cm³/mol. The summed E-state index contributed by atoms with van der Waals surface area (Å²) in [6.45, 7) is 0.349. The molecule has 3 aromatic rings. The van der Waals surface area contributed by atoms with E-state index in [9.17, 15) is 22.0 Å². The van der Waals surface area contributed by atoms with Crippen LogP contribution in [-0.2, 0) is 40.9 Å². The van der Waals surface area contributed by atoms with Crippen LogP contribution in [0.3, 0.4) is 0 Å². The summed E-state index contributed by atoms with van der Waals surface area (Å²) in [5.74, 6) is 0.515. The van der Waals surface area contributed by atoms with Gasteiger partial charge in [0.1, 0.15) is 16.4 Å². The van der Waals surface area contributed by atoms with Crippen molar-refractivity contribution >= 4 is 26.3 Å². The van der Waals surface area contributed by atoms with Gasteiger partial charge in [0.25, 0.3) is 0 Å². The van der Waals surface area contributed by atoms with Gasteiger partial charge >= 0.3 is 0 Å². The first kappa shape index (κ1) is 27.1. The molecule has 3 saturated heterocycles. The molecule has 0 saturated carbocycles. The normalized spacial score (nSPS) is 25.9. The van der Waals surface area contributed by atoms with E-state index in [0.717, 1.165) is 33.8 Å². The summed E-state index contributed by atoms with van der Waals surface area (Å²) in [5.41, 5.74) is 3.65. The molecule has 0 unspecified atom stereocenters. The number of halogens is 2. The zero-order valence-corrected chi connectivity index (χ0v) is 24.1. The zero-order valence-electron chi connectivity index (χ0n) is 22.4. The van der Waals surface area contributed by atoms with Gasteiger partial charge in [-0.25, -0.2) is 17.2 Å². The van der Waals surface area contributed by atoms with Crippen molar-refractivity contribution in [1.29, 1.82) is 0 Å². The number of likely N-dealkylation sites (tertiary alicyclic amines) is 1. The Morgan fingerprint density at radius 3 is 2.20 bits per heavy atom. The van der Waals surface area contributed by atoms with Crippen molar-refractivity contribution < 1.29 is 30.7 Å². The smallest absolute Gasteiger partial charge is 0.226 e. The molecule has 0 bridgehead atoms.